The molecule has 1 spiro atoms. The van der Waals surface area contributed by atoms with Gasteiger partial charge in [-0.1, -0.05) is 43.2 Å². The van der Waals surface area contributed by atoms with Crippen molar-refractivity contribution in [3.05, 3.63) is 35.9 Å². The summed E-state index contributed by atoms with van der Waals surface area (Å²) in [4.78, 5) is 2.61. The molecule has 1 aliphatic heterocycles. The van der Waals surface area contributed by atoms with E-state index in [1.165, 1.54) is 57.2 Å². The largest absolute Gasteiger partial charge is 0.323 e. The second-order valence-electron chi connectivity index (χ2n) is 6.92. The van der Waals surface area contributed by atoms with E-state index in [0.29, 0.717) is 11.5 Å². The predicted molar refractivity (Wildman–Crippen MR) is 84.5 cm³/mol. The average Bonchev–Trinajstić information content (AvgIpc) is 2.96. The third-order valence-corrected chi connectivity index (χ3v) is 5.80. The first-order chi connectivity index (χ1) is 9.70. The van der Waals surface area contributed by atoms with E-state index in [9.17, 15) is 0 Å². The van der Waals surface area contributed by atoms with Crippen molar-refractivity contribution in [2.45, 2.75) is 57.5 Å². The summed E-state index contributed by atoms with van der Waals surface area (Å²) in [6, 6.07) is 11.1. The Balaban J connectivity index is 1.60. The van der Waals surface area contributed by atoms with Crippen LogP contribution in [-0.4, -0.2) is 24.0 Å². The summed E-state index contributed by atoms with van der Waals surface area (Å²) in [6.45, 7) is 4.77. The molecular formula is C18H28N2. The number of rotatable bonds is 3. The quantitative estimate of drug-likeness (QED) is 0.908. The van der Waals surface area contributed by atoms with Crippen molar-refractivity contribution in [1.29, 1.82) is 0 Å². The molecule has 0 radical (unpaired) electrons. The Morgan fingerprint density at radius 3 is 2.20 bits per heavy atom. The van der Waals surface area contributed by atoms with Crippen molar-refractivity contribution < 1.29 is 0 Å². The van der Waals surface area contributed by atoms with Gasteiger partial charge in [0.05, 0.1) is 0 Å². The zero-order valence-electron chi connectivity index (χ0n) is 12.7. The van der Waals surface area contributed by atoms with Crippen LogP contribution < -0.4 is 5.73 Å². The van der Waals surface area contributed by atoms with Crippen LogP contribution in [0.1, 0.15) is 57.1 Å². The molecule has 2 heteroatoms. The lowest BCUT2D eigenvalue weighted by atomic mass is 9.76. The van der Waals surface area contributed by atoms with Gasteiger partial charge in [0.2, 0.25) is 0 Å². The second kappa shape index (κ2) is 5.87. The molecule has 1 aromatic rings. The summed E-state index contributed by atoms with van der Waals surface area (Å²) in [6.07, 6.45) is 8.63. The zero-order chi connectivity index (χ0) is 14.0. The summed E-state index contributed by atoms with van der Waals surface area (Å²) < 4.78 is 0. The molecule has 1 aliphatic carbocycles. The van der Waals surface area contributed by atoms with E-state index >= 15 is 0 Å². The lowest BCUT2D eigenvalue weighted by Crippen LogP contribution is -2.47. The lowest BCUT2D eigenvalue weighted by Gasteiger charge is -2.43. The van der Waals surface area contributed by atoms with Gasteiger partial charge in [-0.15, -0.1) is 0 Å². The molecule has 0 amide bonds. The van der Waals surface area contributed by atoms with E-state index in [1.54, 1.807) is 0 Å². The minimum absolute atomic E-state index is 0.133. The average molecular weight is 272 g/mol. The number of benzene rings is 1. The molecule has 2 N–H and O–H groups in total. The maximum atomic E-state index is 6.47. The highest BCUT2D eigenvalue weighted by molar-refractivity contribution is 5.20. The standard InChI is InChI=1S/C18H28N2/c1-15(17(19)16-7-3-2-4-8-16)20-13-11-18(12-14-20)9-5-6-10-18/h2-4,7-8,15,17H,5-6,9-14,19H2,1H3. The van der Waals surface area contributed by atoms with Gasteiger partial charge in [-0.3, -0.25) is 4.90 Å². The molecule has 110 valence electrons. The van der Waals surface area contributed by atoms with Crippen molar-refractivity contribution >= 4 is 0 Å². The summed E-state index contributed by atoms with van der Waals surface area (Å²) in [5.74, 6) is 0. The fourth-order valence-electron chi connectivity index (χ4n) is 4.21. The molecule has 2 aliphatic rings. The number of piperidine rings is 1. The monoisotopic (exact) mass is 272 g/mol. The van der Waals surface area contributed by atoms with Crippen molar-refractivity contribution in [2.75, 3.05) is 13.1 Å². The third kappa shape index (κ3) is 2.77. The van der Waals surface area contributed by atoms with E-state index in [-0.39, 0.29) is 6.04 Å². The predicted octanol–water partition coefficient (Wildman–Crippen LogP) is 3.73. The highest BCUT2D eigenvalue weighted by Crippen LogP contribution is 2.46. The van der Waals surface area contributed by atoms with Gasteiger partial charge in [0.15, 0.2) is 0 Å². The van der Waals surface area contributed by atoms with E-state index in [0.717, 1.165) is 0 Å². The van der Waals surface area contributed by atoms with E-state index in [1.807, 2.05) is 0 Å². The molecule has 2 atom stereocenters. The van der Waals surface area contributed by atoms with Crippen LogP contribution >= 0.6 is 0 Å². The summed E-state index contributed by atoms with van der Waals surface area (Å²) >= 11 is 0. The van der Waals surface area contributed by atoms with Gasteiger partial charge in [0, 0.05) is 12.1 Å². The fraction of sp³-hybridized carbons (Fsp3) is 0.667. The van der Waals surface area contributed by atoms with E-state index < -0.39 is 0 Å². The van der Waals surface area contributed by atoms with Gasteiger partial charge in [0.25, 0.3) is 0 Å². The van der Waals surface area contributed by atoms with Gasteiger partial charge >= 0.3 is 0 Å². The molecule has 1 aromatic carbocycles. The lowest BCUT2D eigenvalue weighted by molar-refractivity contribution is 0.0725. The molecule has 1 heterocycles. The smallest absolute Gasteiger partial charge is 0.0450 e. The maximum absolute atomic E-state index is 6.47. The molecule has 20 heavy (non-hydrogen) atoms. The van der Waals surface area contributed by atoms with Crippen molar-refractivity contribution in [2.24, 2.45) is 11.1 Å². The number of nitrogens with zero attached hydrogens (tertiary/aromatic N) is 1. The first kappa shape index (κ1) is 14.1. The summed E-state index contributed by atoms with van der Waals surface area (Å²) in [5, 5.41) is 0. The Bertz CT molecular complexity index is 412. The maximum Gasteiger partial charge on any atom is 0.0450 e. The Labute approximate surface area is 123 Å². The molecule has 3 rings (SSSR count). The Morgan fingerprint density at radius 2 is 1.60 bits per heavy atom. The van der Waals surface area contributed by atoms with Crippen LogP contribution in [0, 0.1) is 5.41 Å². The molecule has 1 saturated heterocycles. The van der Waals surface area contributed by atoms with Gasteiger partial charge in [0.1, 0.15) is 0 Å². The van der Waals surface area contributed by atoms with Crippen LogP contribution in [0.15, 0.2) is 30.3 Å². The third-order valence-electron chi connectivity index (χ3n) is 5.80. The number of nitrogens with two attached hydrogens (primary N) is 1. The van der Waals surface area contributed by atoms with Gasteiger partial charge < -0.3 is 5.73 Å². The molecule has 2 fully saturated rings. The van der Waals surface area contributed by atoms with Gasteiger partial charge in [-0.05, 0) is 56.7 Å². The number of hydrogen-bond acceptors (Lipinski definition) is 2. The molecule has 2 nitrogen and oxygen atoms in total. The van der Waals surface area contributed by atoms with Crippen molar-refractivity contribution in [3.8, 4) is 0 Å². The van der Waals surface area contributed by atoms with Gasteiger partial charge in [-0.2, -0.15) is 0 Å². The molecule has 1 saturated carbocycles. The van der Waals surface area contributed by atoms with Crippen LogP contribution in [0.5, 0.6) is 0 Å². The van der Waals surface area contributed by atoms with Gasteiger partial charge in [-0.25, -0.2) is 0 Å². The minimum Gasteiger partial charge on any atom is -0.323 e. The van der Waals surface area contributed by atoms with Crippen LogP contribution in [0.3, 0.4) is 0 Å². The first-order valence-electron chi connectivity index (χ1n) is 8.25. The Kier molecular flexibility index (Phi) is 4.13. The van der Waals surface area contributed by atoms with Crippen LogP contribution in [0.25, 0.3) is 0 Å². The topological polar surface area (TPSA) is 29.3 Å². The van der Waals surface area contributed by atoms with Crippen molar-refractivity contribution in [1.82, 2.24) is 4.90 Å². The number of likely N-dealkylation sites (tertiary alicyclic amines) is 1. The molecular weight excluding hydrogens is 244 g/mol. The fourth-order valence-corrected chi connectivity index (χ4v) is 4.21. The molecule has 0 aromatic heterocycles. The highest BCUT2D eigenvalue weighted by Gasteiger charge is 2.38. The highest BCUT2D eigenvalue weighted by atomic mass is 15.2. The van der Waals surface area contributed by atoms with E-state index in [2.05, 4.69) is 42.2 Å². The summed E-state index contributed by atoms with van der Waals surface area (Å²) in [5.41, 5.74) is 8.44. The SMILES string of the molecule is CC(C(N)c1ccccc1)N1CCC2(CCCC2)CC1. The van der Waals surface area contributed by atoms with Crippen LogP contribution in [0.2, 0.25) is 0 Å². The van der Waals surface area contributed by atoms with E-state index in [4.69, 9.17) is 5.73 Å². The van der Waals surface area contributed by atoms with Crippen molar-refractivity contribution in [3.63, 3.8) is 0 Å². The Morgan fingerprint density at radius 1 is 1.00 bits per heavy atom. The molecule has 0 bridgehead atoms. The second-order valence-corrected chi connectivity index (χ2v) is 6.92. The summed E-state index contributed by atoms with van der Waals surface area (Å²) in [7, 11) is 0. The number of hydrogen-bond donors (Lipinski definition) is 1. The normalized spacial score (nSPS) is 25.7. The zero-order valence-corrected chi connectivity index (χ0v) is 12.7. The molecule has 2 unspecified atom stereocenters. The van der Waals surface area contributed by atoms with Crippen LogP contribution in [0.4, 0.5) is 0 Å². The first-order valence-corrected chi connectivity index (χ1v) is 8.25. The van der Waals surface area contributed by atoms with Crippen LogP contribution in [-0.2, 0) is 0 Å². The minimum atomic E-state index is 0.133. The Hall–Kier alpha value is -0.860.